The molecule has 0 saturated carbocycles. The molecule has 0 aliphatic carbocycles. The number of rotatable bonds is 3. The largest absolute Gasteiger partial charge is 0.346 e. The van der Waals surface area contributed by atoms with Crippen molar-refractivity contribution < 1.29 is 13.6 Å². The molecule has 0 radical (unpaired) electrons. The predicted molar refractivity (Wildman–Crippen MR) is 83.3 cm³/mol. The molecule has 1 amide bonds. The van der Waals surface area contributed by atoms with Crippen LogP contribution in [-0.4, -0.2) is 29.0 Å². The van der Waals surface area contributed by atoms with Crippen LogP contribution in [0.25, 0.3) is 10.4 Å². The van der Waals surface area contributed by atoms with Crippen LogP contribution in [0.15, 0.2) is 24.4 Å². The predicted octanol–water partition coefficient (Wildman–Crippen LogP) is 2.71. The van der Waals surface area contributed by atoms with Crippen LogP contribution in [0.1, 0.15) is 29.1 Å². The molecule has 23 heavy (non-hydrogen) atoms. The number of thiazole rings is 1. The van der Waals surface area contributed by atoms with E-state index in [0.717, 1.165) is 30.2 Å². The second kappa shape index (κ2) is 5.65. The normalized spacial score (nSPS) is 25.7. The number of amides is 1. The number of benzene rings is 1. The molecule has 2 N–H and O–H groups in total. The first kappa shape index (κ1) is 14.7. The topological polar surface area (TPSA) is 54.0 Å². The van der Waals surface area contributed by atoms with E-state index in [9.17, 15) is 13.6 Å². The maximum atomic E-state index is 13.8. The summed E-state index contributed by atoms with van der Waals surface area (Å²) in [4.78, 5) is 16.9. The molecule has 3 heterocycles. The van der Waals surface area contributed by atoms with E-state index in [-0.39, 0.29) is 17.5 Å². The van der Waals surface area contributed by atoms with Gasteiger partial charge in [0.15, 0.2) is 5.01 Å². The maximum Gasteiger partial charge on any atom is 0.280 e. The third kappa shape index (κ3) is 2.74. The third-order valence-electron chi connectivity index (χ3n) is 4.51. The van der Waals surface area contributed by atoms with Gasteiger partial charge in [-0.2, -0.15) is 0 Å². The molecule has 4 rings (SSSR count). The van der Waals surface area contributed by atoms with Gasteiger partial charge in [-0.25, -0.2) is 13.8 Å². The van der Waals surface area contributed by atoms with Crippen molar-refractivity contribution in [2.75, 3.05) is 0 Å². The van der Waals surface area contributed by atoms with Crippen molar-refractivity contribution in [1.29, 1.82) is 0 Å². The number of hydrogen-bond donors (Lipinski definition) is 2. The zero-order chi connectivity index (χ0) is 16.0. The summed E-state index contributed by atoms with van der Waals surface area (Å²) in [5.41, 5.74) is 0.254. The number of halogens is 2. The van der Waals surface area contributed by atoms with Crippen LogP contribution in [-0.2, 0) is 0 Å². The minimum absolute atomic E-state index is 0.135. The number of carbonyl (C=O) groups excluding carboxylic acids is 1. The Morgan fingerprint density at radius 2 is 2.22 bits per heavy atom. The van der Waals surface area contributed by atoms with E-state index in [1.165, 1.54) is 24.8 Å². The van der Waals surface area contributed by atoms with Crippen molar-refractivity contribution in [3.8, 4) is 10.4 Å². The smallest absolute Gasteiger partial charge is 0.280 e. The molecule has 3 unspecified atom stereocenters. The molecule has 2 aliphatic heterocycles. The van der Waals surface area contributed by atoms with Gasteiger partial charge in [0.25, 0.3) is 5.91 Å². The Morgan fingerprint density at radius 3 is 2.91 bits per heavy atom. The SMILES string of the molecule is O=C(NC1CC2CCC1N2)c1ncc(-c2ccc(F)cc2F)s1. The number of aromatic nitrogens is 1. The first-order valence-corrected chi connectivity index (χ1v) is 8.40. The Kier molecular flexibility index (Phi) is 3.61. The van der Waals surface area contributed by atoms with Gasteiger partial charge in [-0.05, 0) is 31.4 Å². The number of hydrogen-bond acceptors (Lipinski definition) is 4. The lowest BCUT2D eigenvalue weighted by atomic mass is 9.95. The van der Waals surface area contributed by atoms with Crippen LogP contribution in [0.5, 0.6) is 0 Å². The molecule has 2 fully saturated rings. The fourth-order valence-electron chi connectivity index (χ4n) is 3.41. The molecule has 4 nitrogen and oxygen atoms in total. The van der Waals surface area contributed by atoms with E-state index in [1.807, 2.05) is 0 Å². The Morgan fingerprint density at radius 1 is 1.35 bits per heavy atom. The monoisotopic (exact) mass is 335 g/mol. The molecule has 2 saturated heterocycles. The molecule has 2 bridgehead atoms. The van der Waals surface area contributed by atoms with Crippen LogP contribution in [0.2, 0.25) is 0 Å². The summed E-state index contributed by atoms with van der Waals surface area (Å²) in [6.45, 7) is 0. The van der Waals surface area contributed by atoms with Crippen molar-refractivity contribution in [3.05, 3.63) is 41.0 Å². The molecule has 120 valence electrons. The summed E-state index contributed by atoms with van der Waals surface area (Å²) >= 11 is 1.11. The van der Waals surface area contributed by atoms with E-state index in [4.69, 9.17) is 0 Å². The van der Waals surface area contributed by atoms with Crippen LogP contribution in [0.3, 0.4) is 0 Å². The minimum atomic E-state index is -0.655. The van der Waals surface area contributed by atoms with Gasteiger partial charge in [-0.3, -0.25) is 4.79 Å². The average molecular weight is 335 g/mol. The number of fused-ring (bicyclic) bond motifs is 2. The quantitative estimate of drug-likeness (QED) is 0.907. The Hall–Kier alpha value is -1.86. The molecule has 2 aliphatic rings. The lowest BCUT2D eigenvalue weighted by Gasteiger charge is -2.20. The number of carbonyl (C=O) groups is 1. The number of nitrogens with one attached hydrogen (secondary N) is 2. The van der Waals surface area contributed by atoms with Crippen molar-refractivity contribution in [1.82, 2.24) is 15.6 Å². The minimum Gasteiger partial charge on any atom is -0.346 e. The van der Waals surface area contributed by atoms with Gasteiger partial charge < -0.3 is 10.6 Å². The summed E-state index contributed by atoms with van der Waals surface area (Å²) in [6, 6.07) is 4.37. The molecule has 1 aromatic carbocycles. The van der Waals surface area contributed by atoms with Gasteiger partial charge in [0, 0.05) is 36.0 Å². The van der Waals surface area contributed by atoms with Crippen LogP contribution in [0.4, 0.5) is 8.78 Å². The van der Waals surface area contributed by atoms with Crippen molar-refractivity contribution in [3.63, 3.8) is 0 Å². The van der Waals surface area contributed by atoms with Crippen LogP contribution < -0.4 is 10.6 Å². The first-order chi connectivity index (χ1) is 11.1. The molecule has 1 aromatic heterocycles. The molecule has 0 spiro atoms. The number of nitrogens with zero attached hydrogens (tertiary/aromatic N) is 1. The molecular formula is C16H15F2N3OS. The lowest BCUT2D eigenvalue weighted by Crippen LogP contribution is -2.42. The van der Waals surface area contributed by atoms with E-state index in [0.29, 0.717) is 22.0 Å². The van der Waals surface area contributed by atoms with E-state index in [2.05, 4.69) is 15.6 Å². The van der Waals surface area contributed by atoms with Crippen molar-refractivity contribution in [2.45, 2.75) is 37.4 Å². The molecule has 7 heteroatoms. The van der Waals surface area contributed by atoms with Crippen LogP contribution in [0, 0.1) is 11.6 Å². The standard InChI is InChI=1S/C16H15F2N3OS/c17-8-1-3-10(11(18)5-8)14-7-19-16(23-14)15(22)21-13-6-9-2-4-12(13)20-9/h1,3,5,7,9,12-13,20H,2,4,6H2,(H,21,22). The lowest BCUT2D eigenvalue weighted by molar-refractivity contribution is 0.0930. The highest BCUT2D eigenvalue weighted by molar-refractivity contribution is 7.17. The van der Waals surface area contributed by atoms with Crippen LogP contribution >= 0.6 is 11.3 Å². The van der Waals surface area contributed by atoms with Gasteiger partial charge >= 0.3 is 0 Å². The molecule has 3 atom stereocenters. The highest BCUT2D eigenvalue weighted by Crippen LogP contribution is 2.30. The highest BCUT2D eigenvalue weighted by Gasteiger charge is 2.39. The van der Waals surface area contributed by atoms with Gasteiger partial charge in [-0.1, -0.05) is 0 Å². The summed E-state index contributed by atoms with van der Waals surface area (Å²) < 4.78 is 26.8. The zero-order valence-electron chi connectivity index (χ0n) is 12.2. The van der Waals surface area contributed by atoms with E-state index in [1.54, 1.807) is 0 Å². The summed E-state index contributed by atoms with van der Waals surface area (Å²) in [6.07, 6.45) is 4.65. The Labute approximate surface area is 135 Å². The van der Waals surface area contributed by atoms with Crippen molar-refractivity contribution in [2.24, 2.45) is 0 Å². The fourth-order valence-corrected chi connectivity index (χ4v) is 4.25. The van der Waals surface area contributed by atoms with E-state index < -0.39 is 11.6 Å². The Bertz CT molecular complexity index is 764. The van der Waals surface area contributed by atoms with Gasteiger partial charge in [0.1, 0.15) is 11.6 Å². The maximum absolute atomic E-state index is 13.8. The summed E-state index contributed by atoms with van der Waals surface area (Å²) in [5, 5.41) is 6.77. The summed E-state index contributed by atoms with van der Waals surface area (Å²) in [5.74, 6) is -1.52. The highest BCUT2D eigenvalue weighted by atomic mass is 32.1. The average Bonchev–Trinajstić information content (AvgIpc) is 3.23. The van der Waals surface area contributed by atoms with Gasteiger partial charge in [0.2, 0.25) is 0 Å². The zero-order valence-corrected chi connectivity index (χ0v) is 13.0. The van der Waals surface area contributed by atoms with Gasteiger partial charge in [-0.15, -0.1) is 11.3 Å². The van der Waals surface area contributed by atoms with Crippen molar-refractivity contribution >= 4 is 17.2 Å². The molecule has 2 aromatic rings. The second-order valence-electron chi connectivity index (χ2n) is 6.02. The second-order valence-corrected chi connectivity index (χ2v) is 7.05. The summed E-state index contributed by atoms with van der Waals surface area (Å²) in [7, 11) is 0. The van der Waals surface area contributed by atoms with E-state index >= 15 is 0 Å². The third-order valence-corrected chi connectivity index (χ3v) is 5.54. The Balaban J connectivity index is 1.50. The first-order valence-electron chi connectivity index (χ1n) is 7.58. The molecular weight excluding hydrogens is 320 g/mol. The van der Waals surface area contributed by atoms with Gasteiger partial charge in [0.05, 0.1) is 4.88 Å². The fraction of sp³-hybridized carbons (Fsp3) is 0.375.